The van der Waals surface area contributed by atoms with Gasteiger partial charge in [0.05, 0.1) is 19.1 Å². The average molecular weight is 302 g/mol. The largest absolute Gasteiger partial charge is 0.498 e. The Bertz CT molecular complexity index is 601. The van der Waals surface area contributed by atoms with Gasteiger partial charge in [0.25, 0.3) is 0 Å². The van der Waals surface area contributed by atoms with Crippen molar-refractivity contribution in [3.8, 4) is 5.75 Å². The smallest absolute Gasteiger partial charge is 0.172 e. The summed E-state index contributed by atoms with van der Waals surface area (Å²) in [6.07, 6.45) is 2.49. The van der Waals surface area contributed by atoms with Crippen LogP contribution in [0.5, 0.6) is 5.75 Å². The van der Waals surface area contributed by atoms with Crippen molar-refractivity contribution in [2.75, 3.05) is 13.7 Å². The van der Waals surface area contributed by atoms with E-state index in [4.69, 9.17) is 9.47 Å². The predicted octanol–water partition coefficient (Wildman–Crippen LogP) is 4.19. The normalized spacial score (nSPS) is 22.0. The molecule has 0 heterocycles. The van der Waals surface area contributed by atoms with E-state index in [1.165, 1.54) is 0 Å². The van der Waals surface area contributed by atoms with E-state index >= 15 is 0 Å². The molecule has 0 N–H and O–H groups in total. The van der Waals surface area contributed by atoms with Gasteiger partial charge in [-0.2, -0.15) is 0 Å². The van der Waals surface area contributed by atoms with Gasteiger partial charge in [-0.3, -0.25) is 4.79 Å². The Kier molecular flexibility index (Phi) is 4.94. The number of Topliss-reactive ketones (excluding diaryl/α,β-unsaturated/α-hetero) is 1. The summed E-state index contributed by atoms with van der Waals surface area (Å²) in [5.41, 5.74) is 2.52. The fourth-order valence-electron chi connectivity index (χ4n) is 3.23. The molecule has 120 valence electrons. The Morgan fingerprint density at radius 1 is 1.27 bits per heavy atom. The highest BCUT2D eigenvalue weighted by Crippen LogP contribution is 2.40. The van der Waals surface area contributed by atoms with Crippen LogP contribution in [-0.2, 0) is 21.4 Å². The molecule has 0 saturated carbocycles. The first-order chi connectivity index (χ1) is 10.5. The molecule has 1 aromatic rings. The molecule has 0 aromatic heterocycles. The Morgan fingerprint density at radius 3 is 2.59 bits per heavy atom. The number of carbonyl (C=O) groups is 1. The van der Waals surface area contributed by atoms with Crippen LogP contribution in [0.15, 0.2) is 29.5 Å². The van der Waals surface area contributed by atoms with Crippen LogP contribution in [0.2, 0.25) is 0 Å². The van der Waals surface area contributed by atoms with Gasteiger partial charge in [0.1, 0.15) is 11.5 Å². The molecule has 2 rings (SSSR count). The first kappa shape index (κ1) is 16.6. The Balaban J connectivity index is 2.42. The van der Waals surface area contributed by atoms with Gasteiger partial charge in [0.2, 0.25) is 0 Å². The summed E-state index contributed by atoms with van der Waals surface area (Å²) in [6.45, 7) is 8.59. The van der Waals surface area contributed by atoms with Crippen molar-refractivity contribution in [2.24, 2.45) is 0 Å². The van der Waals surface area contributed by atoms with Crippen molar-refractivity contribution < 1.29 is 14.3 Å². The minimum atomic E-state index is -0.471. The minimum absolute atomic E-state index is 0.175. The molecule has 3 heteroatoms. The van der Waals surface area contributed by atoms with Crippen LogP contribution in [0.4, 0.5) is 0 Å². The number of methoxy groups -OCH3 is 1. The minimum Gasteiger partial charge on any atom is -0.498 e. The van der Waals surface area contributed by atoms with E-state index in [-0.39, 0.29) is 5.78 Å². The molecule has 0 saturated heterocycles. The van der Waals surface area contributed by atoms with Gasteiger partial charge in [0.15, 0.2) is 5.78 Å². The van der Waals surface area contributed by atoms with Crippen LogP contribution >= 0.6 is 0 Å². The van der Waals surface area contributed by atoms with E-state index in [0.29, 0.717) is 6.61 Å². The highest BCUT2D eigenvalue weighted by atomic mass is 16.5. The third-order valence-electron chi connectivity index (χ3n) is 4.73. The summed E-state index contributed by atoms with van der Waals surface area (Å²) in [5, 5.41) is 0. The van der Waals surface area contributed by atoms with E-state index in [9.17, 15) is 4.79 Å². The number of benzene rings is 1. The van der Waals surface area contributed by atoms with E-state index in [0.717, 1.165) is 47.5 Å². The molecule has 1 atom stereocenters. The summed E-state index contributed by atoms with van der Waals surface area (Å²) in [6, 6.07) is 6.12. The molecule has 1 aromatic carbocycles. The van der Waals surface area contributed by atoms with Crippen molar-refractivity contribution in [3.05, 3.63) is 40.7 Å². The Labute approximate surface area is 133 Å². The molecular formula is C19H26O3. The number of carbonyl (C=O) groups excluding carboxylic acids is 1. The first-order valence-corrected chi connectivity index (χ1v) is 8.02. The van der Waals surface area contributed by atoms with Gasteiger partial charge in [-0.15, -0.1) is 0 Å². The molecule has 22 heavy (non-hydrogen) atoms. The zero-order chi connectivity index (χ0) is 16.3. The molecule has 0 amide bonds. The van der Waals surface area contributed by atoms with Crippen LogP contribution < -0.4 is 4.74 Å². The van der Waals surface area contributed by atoms with Crippen LogP contribution in [0.25, 0.3) is 0 Å². The highest BCUT2D eigenvalue weighted by Gasteiger charge is 2.40. The van der Waals surface area contributed by atoms with Crippen LogP contribution in [0.3, 0.4) is 0 Å². The number of hydrogen-bond acceptors (Lipinski definition) is 3. The molecule has 1 unspecified atom stereocenters. The van der Waals surface area contributed by atoms with E-state index in [1.54, 1.807) is 7.11 Å². The highest BCUT2D eigenvalue weighted by molar-refractivity contribution is 6.04. The number of ketones is 1. The van der Waals surface area contributed by atoms with Crippen molar-refractivity contribution >= 4 is 5.78 Å². The molecule has 1 aliphatic carbocycles. The van der Waals surface area contributed by atoms with Crippen molar-refractivity contribution in [1.82, 2.24) is 0 Å². The fourth-order valence-corrected chi connectivity index (χ4v) is 3.23. The fraction of sp³-hybridized carbons (Fsp3) is 0.526. The zero-order valence-electron chi connectivity index (χ0n) is 14.3. The maximum atomic E-state index is 12.9. The number of allylic oxidation sites excluding steroid dienone is 2. The lowest BCUT2D eigenvalue weighted by Gasteiger charge is -2.34. The SMILES string of the molecule is CCOC1=C(C)C(=O)C(C)(c2ccc(OC)c(CC)c2)CC1. The van der Waals surface area contributed by atoms with Crippen molar-refractivity contribution in [2.45, 2.75) is 52.4 Å². The maximum absolute atomic E-state index is 12.9. The maximum Gasteiger partial charge on any atom is 0.172 e. The molecule has 3 nitrogen and oxygen atoms in total. The summed E-state index contributed by atoms with van der Waals surface area (Å²) >= 11 is 0. The standard InChI is InChI=1S/C19H26O3/c1-6-14-12-15(8-9-17(14)21-5)19(4)11-10-16(22-7-2)13(3)18(19)20/h8-9,12H,6-7,10-11H2,1-5H3. The zero-order valence-corrected chi connectivity index (χ0v) is 14.3. The second-order valence-corrected chi connectivity index (χ2v) is 6.02. The summed E-state index contributed by atoms with van der Waals surface area (Å²) in [5.74, 6) is 1.92. The van der Waals surface area contributed by atoms with Crippen molar-refractivity contribution in [1.29, 1.82) is 0 Å². The van der Waals surface area contributed by atoms with Gasteiger partial charge in [-0.05, 0) is 50.8 Å². The van der Waals surface area contributed by atoms with Gasteiger partial charge in [0, 0.05) is 12.0 Å². The summed E-state index contributed by atoms with van der Waals surface area (Å²) in [4.78, 5) is 12.9. The molecular weight excluding hydrogens is 276 g/mol. The lowest BCUT2D eigenvalue weighted by atomic mass is 9.69. The quantitative estimate of drug-likeness (QED) is 0.818. The number of ether oxygens (including phenoxy) is 2. The molecule has 1 aliphatic rings. The van der Waals surface area contributed by atoms with E-state index in [1.807, 2.05) is 32.9 Å². The molecule has 0 aliphatic heterocycles. The molecule has 0 spiro atoms. The Hall–Kier alpha value is -1.77. The van der Waals surface area contributed by atoms with Gasteiger partial charge >= 0.3 is 0 Å². The number of aryl methyl sites for hydroxylation is 1. The number of rotatable bonds is 5. The average Bonchev–Trinajstić information content (AvgIpc) is 2.55. The van der Waals surface area contributed by atoms with E-state index < -0.39 is 5.41 Å². The molecule has 0 radical (unpaired) electrons. The van der Waals surface area contributed by atoms with Crippen LogP contribution in [0, 0.1) is 0 Å². The van der Waals surface area contributed by atoms with E-state index in [2.05, 4.69) is 13.0 Å². The van der Waals surface area contributed by atoms with Gasteiger partial charge in [-0.1, -0.05) is 19.1 Å². The van der Waals surface area contributed by atoms with Gasteiger partial charge in [-0.25, -0.2) is 0 Å². The Morgan fingerprint density at radius 2 is 2.00 bits per heavy atom. The second-order valence-electron chi connectivity index (χ2n) is 6.02. The molecule has 0 fully saturated rings. The van der Waals surface area contributed by atoms with Gasteiger partial charge < -0.3 is 9.47 Å². The topological polar surface area (TPSA) is 35.5 Å². The first-order valence-electron chi connectivity index (χ1n) is 8.02. The van der Waals surface area contributed by atoms with Crippen molar-refractivity contribution in [3.63, 3.8) is 0 Å². The van der Waals surface area contributed by atoms with Crippen LogP contribution in [0.1, 0.15) is 51.7 Å². The monoisotopic (exact) mass is 302 g/mol. The third-order valence-corrected chi connectivity index (χ3v) is 4.73. The molecule has 0 bridgehead atoms. The second kappa shape index (κ2) is 6.55. The summed E-state index contributed by atoms with van der Waals surface area (Å²) in [7, 11) is 1.68. The predicted molar refractivity (Wildman–Crippen MR) is 88.3 cm³/mol. The lowest BCUT2D eigenvalue weighted by molar-refractivity contribution is -0.121. The third kappa shape index (κ3) is 2.77. The summed E-state index contributed by atoms with van der Waals surface area (Å²) < 4.78 is 11.0. The number of hydrogen-bond donors (Lipinski definition) is 0. The lowest BCUT2D eigenvalue weighted by Crippen LogP contribution is -2.37. The van der Waals surface area contributed by atoms with Crippen LogP contribution in [-0.4, -0.2) is 19.5 Å².